The van der Waals surface area contributed by atoms with Gasteiger partial charge in [0.05, 0.1) is 11.5 Å². The van der Waals surface area contributed by atoms with Crippen molar-refractivity contribution in [1.29, 1.82) is 0 Å². The van der Waals surface area contributed by atoms with Crippen LogP contribution in [-0.4, -0.2) is 43.4 Å². The Morgan fingerprint density at radius 1 is 1.38 bits per heavy atom. The average molecular weight is 318 g/mol. The second kappa shape index (κ2) is 5.97. The van der Waals surface area contributed by atoms with Crippen LogP contribution in [0.3, 0.4) is 0 Å². The van der Waals surface area contributed by atoms with E-state index >= 15 is 0 Å². The maximum Gasteiger partial charge on any atom is 0.322 e. The smallest absolute Gasteiger partial charge is 0.321 e. The van der Waals surface area contributed by atoms with Gasteiger partial charge in [-0.1, -0.05) is 0 Å². The first kappa shape index (κ1) is 15.7. The van der Waals surface area contributed by atoms with Gasteiger partial charge in [0.1, 0.15) is 0 Å². The molecule has 1 aliphatic heterocycles. The lowest BCUT2D eigenvalue weighted by Crippen LogP contribution is -2.43. The summed E-state index contributed by atoms with van der Waals surface area (Å²) in [7, 11) is -3.10. The molecular formula is C13H16F2N2O3S. The molecule has 0 saturated carbocycles. The van der Waals surface area contributed by atoms with E-state index in [1.807, 2.05) is 0 Å². The van der Waals surface area contributed by atoms with Crippen LogP contribution in [0.25, 0.3) is 0 Å². The molecule has 0 aliphatic carbocycles. The van der Waals surface area contributed by atoms with Gasteiger partial charge in [-0.25, -0.2) is 22.0 Å². The van der Waals surface area contributed by atoms with Crippen molar-refractivity contribution in [3.05, 3.63) is 29.8 Å². The van der Waals surface area contributed by atoms with Gasteiger partial charge >= 0.3 is 6.03 Å². The second-order valence-corrected chi connectivity index (χ2v) is 7.13. The lowest BCUT2D eigenvalue weighted by Gasteiger charge is -2.27. The van der Waals surface area contributed by atoms with Crippen LogP contribution in [0, 0.1) is 11.6 Å². The van der Waals surface area contributed by atoms with Crippen molar-refractivity contribution in [2.24, 2.45) is 0 Å². The highest BCUT2D eigenvalue weighted by Gasteiger charge is 2.33. The van der Waals surface area contributed by atoms with Crippen molar-refractivity contribution >= 4 is 21.6 Å². The summed E-state index contributed by atoms with van der Waals surface area (Å²) >= 11 is 0. The number of benzene rings is 1. The molecule has 5 nitrogen and oxygen atoms in total. The molecule has 116 valence electrons. The Bertz CT molecular complexity index is 649. The third-order valence-electron chi connectivity index (χ3n) is 3.42. The molecule has 0 spiro atoms. The summed E-state index contributed by atoms with van der Waals surface area (Å²) in [6, 6.07) is 2.14. The first-order valence-electron chi connectivity index (χ1n) is 6.55. The van der Waals surface area contributed by atoms with Gasteiger partial charge in [0.2, 0.25) is 0 Å². The number of nitrogens with zero attached hydrogens (tertiary/aromatic N) is 1. The number of hydrogen-bond acceptors (Lipinski definition) is 3. The summed E-state index contributed by atoms with van der Waals surface area (Å²) < 4.78 is 48.9. The van der Waals surface area contributed by atoms with Gasteiger partial charge in [-0.2, -0.15) is 0 Å². The normalized spacial score (nSPS) is 20.2. The number of urea groups is 1. The van der Waals surface area contributed by atoms with Gasteiger partial charge in [0, 0.05) is 24.3 Å². The SMILES string of the molecule is CCN(C(=O)Nc1ccc(F)c(F)c1)C1CCS(=O)(=O)C1. The lowest BCUT2D eigenvalue weighted by atomic mass is 10.2. The standard InChI is InChI=1S/C13H16F2N2O3S/c1-2-17(10-5-6-21(19,20)8-10)13(18)16-9-3-4-11(14)12(15)7-9/h3-4,7,10H,2,5-6,8H2,1H3,(H,16,18). The van der Waals surface area contributed by atoms with E-state index in [1.165, 1.54) is 11.0 Å². The first-order valence-corrected chi connectivity index (χ1v) is 8.37. The molecule has 8 heteroatoms. The Labute approximate surface area is 121 Å². The van der Waals surface area contributed by atoms with Crippen LogP contribution in [0.5, 0.6) is 0 Å². The van der Waals surface area contributed by atoms with E-state index in [1.54, 1.807) is 6.92 Å². The van der Waals surface area contributed by atoms with Gasteiger partial charge in [0.25, 0.3) is 0 Å². The van der Waals surface area contributed by atoms with Crippen LogP contribution in [0.2, 0.25) is 0 Å². The molecule has 1 aliphatic rings. The average Bonchev–Trinajstić information content (AvgIpc) is 2.75. The number of nitrogens with one attached hydrogen (secondary N) is 1. The predicted molar refractivity (Wildman–Crippen MR) is 74.8 cm³/mol. The molecule has 1 saturated heterocycles. The Morgan fingerprint density at radius 2 is 2.10 bits per heavy atom. The van der Waals surface area contributed by atoms with Gasteiger partial charge in [-0.05, 0) is 25.5 Å². The number of carbonyl (C=O) groups excluding carboxylic acids is 1. The first-order chi connectivity index (χ1) is 9.82. The number of rotatable bonds is 3. The number of sulfone groups is 1. The largest absolute Gasteiger partial charge is 0.322 e. The third-order valence-corrected chi connectivity index (χ3v) is 5.17. The van der Waals surface area contributed by atoms with Crippen LogP contribution >= 0.6 is 0 Å². The summed E-state index contributed by atoms with van der Waals surface area (Å²) in [5, 5.41) is 2.45. The molecule has 21 heavy (non-hydrogen) atoms. The number of anilines is 1. The molecule has 0 aromatic heterocycles. The number of amides is 2. The van der Waals surface area contributed by atoms with Crippen LogP contribution in [-0.2, 0) is 9.84 Å². The van der Waals surface area contributed by atoms with Crippen LogP contribution in [0.1, 0.15) is 13.3 Å². The fourth-order valence-corrected chi connectivity index (χ4v) is 4.09. The lowest BCUT2D eigenvalue weighted by molar-refractivity contribution is 0.197. The molecule has 1 heterocycles. The Balaban J connectivity index is 2.08. The molecule has 1 N–H and O–H groups in total. The zero-order chi connectivity index (χ0) is 15.6. The second-order valence-electron chi connectivity index (χ2n) is 4.90. The molecule has 1 atom stereocenters. The highest BCUT2D eigenvalue weighted by Crippen LogP contribution is 2.19. The quantitative estimate of drug-likeness (QED) is 0.927. The topological polar surface area (TPSA) is 66.5 Å². The number of carbonyl (C=O) groups is 1. The summed E-state index contributed by atoms with van der Waals surface area (Å²) in [5.41, 5.74) is 0.123. The van der Waals surface area contributed by atoms with Gasteiger partial charge in [0.15, 0.2) is 21.5 Å². The molecule has 1 unspecified atom stereocenters. The Morgan fingerprint density at radius 3 is 2.62 bits per heavy atom. The maximum atomic E-state index is 13.1. The number of halogens is 2. The van der Waals surface area contributed by atoms with Gasteiger partial charge in [-0.15, -0.1) is 0 Å². The van der Waals surface area contributed by atoms with Crippen molar-refractivity contribution in [2.45, 2.75) is 19.4 Å². The van der Waals surface area contributed by atoms with Crippen LogP contribution in [0.15, 0.2) is 18.2 Å². The van der Waals surface area contributed by atoms with Gasteiger partial charge < -0.3 is 10.2 Å². The Hall–Kier alpha value is -1.70. The van der Waals surface area contributed by atoms with Crippen LogP contribution in [0.4, 0.5) is 19.3 Å². The molecular weight excluding hydrogens is 302 g/mol. The summed E-state index contributed by atoms with van der Waals surface area (Å²) in [5.74, 6) is -2.06. The van der Waals surface area contributed by atoms with Crippen molar-refractivity contribution in [3.8, 4) is 0 Å². The van der Waals surface area contributed by atoms with E-state index in [0.29, 0.717) is 13.0 Å². The Kier molecular flexibility index (Phi) is 4.46. The molecule has 2 rings (SSSR count). The molecule has 1 aromatic rings. The van der Waals surface area contributed by atoms with Crippen LogP contribution < -0.4 is 5.32 Å². The van der Waals surface area contributed by atoms with Crippen molar-refractivity contribution in [1.82, 2.24) is 4.90 Å². The summed E-state index contributed by atoms with van der Waals surface area (Å²) in [4.78, 5) is 13.5. The van der Waals surface area contributed by atoms with Crippen molar-refractivity contribution in [2.75, 3.05) is 23.4 Å². The van der Waals surface area contributed by atoms with Crippen molar-refractivity contribution < 1.29 is 22.0 Å². The zero-order valence-electron chi connectivity index (χ0n) is 11.5. The molecule has 0 bridgehead atoms. The van der Waals surface area contributed by atoms with Crippen molar-refractivity contribution in [3.63, 3.8) is 0 Å². The molecule has 1 aromatic carbocycles. The van der Waals surface area contributed by atoms with E-state index in [9.17, 15) is 22.0 Å². The zero-order valence-corrected chi connectivity index (χ0v) is 12.3. The molecule has 0 radical (unpaired) electrons. The highest BCUT2D eigenvalue weighted by atomic mass is 32.2. The van der Waals surface area contributed by atoms with E-state index in [-0.39, 0.29) is 23.2 Å². The minimum Gasteiger partial charge on any atom is -0.321 e. The minimum absolute atomic E-state index is 0.0621. The van der Waals surface area contributed by atoms with Gasteiger partial charge in [-0.3, -0.25) is 0 Å². The predicted octanol–water partition coefficient (Wildman–Crippen LogP) is 2.01. The van der Waals surface area contributed by atoms with E-state index in [0.717, 1.165) is 12.1 Å². The van der Waals surface area contributed by atoms with E-state index in [2.05, 4.69) is 5.32 Å². The fourth-order valence-electron chi connectivity index (χ4n) is 2.36. The monoisotopic (exact) mass is 318 g/mol. The fraction of sp³-hybridized carbons (Fsp3) is 0.462. The van der Waals surface area contributed by atoms with E-state index in [4.69, 9.17) is 0 Å². The third kappa shape index (κ3) is 3.69. The summed E-state index contributed by atoms with van der Waals surface area (Å²) in [6.07, 6.45) is 0.390. The molecule has 2 amide bonds. The maximum absolute atomic E-state index is 13.1. The minimum atomic E-state index is -3.10. The highest BCUT2D eigenvalue weighted by molar-refractivity contribution is 7.91. The molecule has 1 fully saturated rings. The van der Waals surface area contributed by atoms with E-state index < -0.39 is 27.5 Å². The number of hydrogen-bond donors (Lipinski definition) is 1. The summed E-state index contributed by atoms with van der Waals surface area (Å²) in [6.45, 7) is 2.06.